The number of carbonyl (C=O) groups excluding carboxylic acids is 2. The molecule has 28 heavy (non-hydrogen) atoms. The van der Waals surface area contributed by atoms with E-state index in [2.05, 4.69) is 0 Å². The molecule has 1 saturated heterocycles. The number of esters is 1. The maximum Gasteiger partial charge on any atom is 0.329 e. The van der Waals surface area contributed by atoms with Crippen molar-refractivity contribution in [2.45, 2.75) is 37.6 Å². The Labute approximate surface area is 175 Å². The molecular formula is C22H24ClNO3S. The zero-order chi connectivity index (χ0) is 19.9. The Morgan fingerprint density at radius 2 is 1.86 bits per heavy atom. The summed E-state index contributed by atoms with van der Waals surface area (Å²) >= 11 is 7.58. The summed E-state index contributed by atoms with van der Waals surface area (Å²) in [5, 5.41) is 0.456. The van der Waals surface area contributed by atoms with Crippen LogP contribution in [0.5, 0.6) is 0 Å². The molecule has 4 nitrogen and oxygen atoms in total. The molecule has 3 rings (SSSR count). The minimum absolute atomic E-state index is 0.116. The number of ether oxygens (including phenoxy) is 1. The molecule has 2 atom stereocenters. The van der Waals surface area contributed by atoms with Gasteiger partial charge in [-0.25, -0.2) is 4.79 Å². The Hall–Kier alpha value is -1.98. The van der Waals surface area contributed by atoms with Crippen LogP contribution in [0.2, 0.25) is 5.02 Å². The molecule has 1 heterocycles. The predicted molar refractivity (Wildman–Crippen MR) is 114 cm³/mol. The van der Waals surface area contributed by atoms with Gasteiger partial charge in [0.1, 0.15) is 6.04 Å². The van der Waals surface area contributed by atoms with Gasteiger partial charge in [0, 0.05) is 22.8 Å². The van der Waals surface area contributed by atoms with Crippen LogP contribution < -0.4 is 0 Å². The van der Waals surface area contributed by atoms with Gasteiger partial charge in [0.2, 0.25) is 0 Å². The molecule has 1 aliphatic rings. The fraction of sp³-hybridized carbons (Fsp3) is 0.364. The van der Waals surface area contributed by atoms with Gasteiger partial charge in [-0.2, -0.15) is 0 Å². The number of amides is 1. The van der Waals surface area contributed by atoms with Crippen molar-refractivity contribution in [2.75, 3.05) is 12.4 Å². The third kappa shape index (κ3) is 5.09. The Bertz CT molecular complexity index is 797. The van der Waals surface area contributed by atoms with Crippen molar-refractivity contribution in [3.05, 3.63) is 70.7 Å². The first kappa shape index (κ1) is 20.7. The highest BCUT2D eigenvalue weighted by molar-refractivity contribution is 8.00. The molecule has 1 fully saturated rings. The fourth-order valence-electron chi connectivity index (χ4n) is 3.15. The summed E-state index contributed by atoms with van der Waals surface area (Å²) in [6.45, 7) is 2.44. The van der Waals surface area contributed by atoms with Crippen molar-refractivity contribution < 1.29 is 14.3 Å². The Balaban J connectivity index is 1.82. The average Bonchev–Trinajstić information content (AvgIpc) is 3.12. The Kier molecular flexibility index (Phi) is 7.40. The van der Waals surface area contributed by atoms with Gasteiger partial charge in [-0.1, -0.05) is 55.3 Å². The maximum atomic E-state index is 13.3. The Morgan fingerprint density at radius 1 is 1.14 bits per heavy atom. The smallest absolute Gasteiger partial charge is 0.329 e. The van der Waals surface area contributed by atoms with Crippen LogP contribution in [0.25, 0.3) is 0 Å². The number of rotatable bonds is 7. The molecule has 148 valence electrons. The maximum absolute atomic E-state index is 13.3. The third-order valence-electron chi connectivity index (χ3n) is 4.69. The number of thioether (sulfide) groups is 1. The van der Waals surface area contributed by atoms with Crippen LogP contribution in [0, 0.1) is 0 Å². The third-order valence-corrected chi connectivity index (χ3v) is 6.22. The summed E-state index contributed by atoms with van der Waals surface area (Å²) < 4.78 is 5.43. The lowest BCUT2D eigenvalue weighted by Gasteiger charge is -2.28. The molecule has 0 radical (unpaired) electrons. The summed E-state index contributed by atoms with van der Waals surface area (Å²) in [7, 11) is 0. The van der Waals surface area contributed by atoms with E-state index in [1.54, 1.807) is 40.9 Å². The first-order chi connectivity index (χ1) is 13.6. The predicted octanol–water partition coefficient (Wildman–Crippen LogP) is 4.81. The molecule has 6 heteroatoms. The molecule has 2 aromatic carbocycles. The van der Waals surface area contributed by atoms with E-state index in [0.717, 1.165) is 18.4 Å². The molecule has 0 saturated carbocycles. The molecule has 2 aromatic rings. The molecule has 0 bridgehead atoms. The normalized spacial score (nSPS) is 18.9. The first-order valence-electron chi connectivity index (χ1n) is 9.50. The molecular weight excluding hydrogens is 394 g/mol. The molecule has 2 unspecified atom stereocenters. The molecule has 0 spiro atoms. The standard InChI is InChI=1S/C22H24ClNO3S/c1-2-3-13-27-22(26)19-15-28-20(14-16-7-5-4-6-8-16)24(19)21(25)17-9-11-18(23)12-10-17/h4-12,19-20H,2-3,13-15H2,1H3. The SMILES string of the molecule is CCCCOC(=O)C1CSC(Cc2ccccc2)N1C(=O)c1ccc(Cl)cc1. The number of unbranched alkanes of at least 4 members (excludes halogenated alkanes) is 1. The molecule has 1 amide bonds. The lowest BCUT2D eigenvalue weighted by Crippen LogP contribution is -2.47. The van der Waals surface area contributed by atoms with E-state index in [1.165, 1.54) is 0 Å². The van der Waals surface area contributed by atoms with Gasteiger partial charge in [0.15, 0.2) is 0 Å². The van der Waals surface area contributed by atoms with Gasteiger partial charge in [-0.3, -0.25) is 4.79 Å². The molecule has 0 aliphatic carbocycles. The van der Waals surface area contributed by atoms with Crippen LogP contribution in [0.1, 0.15) is 35.7 Å². The molecule has 1 aliphatic heterocycles. The summed E-state index contributed by atoms with van der Waals surface area (Å²) in [5.41, 5.74) is 1.66. The second-order valence-electron chi connectivity index (χ2n) is 6.73. The van der Waals surface area contributed by atoms with Crippen molar-refractivity contribution in [2.24, 2.45) is 0 Å². The number of halogens is 1. The minimum atomic E-state index is -0.571. The van der Waals surface area contributed by atoms with Crippen molar-refractivity contribution in [1.82, 2.24) is 4.90 Å². The second-order valence-corrected chi connectivity index (χ2v) is 8.38. The van der Waals surface area contributed by atoms with E-state index >= 15 is 0 Å². The highest BCUT2D eigenvalue weighted by Crippen LogP contribution is 2.33. The number of hydrogen-bond acceptors (Lipinski definition) is 4. The van der Waals surface area contributed by atoms with Gasteiger partial charge in [0.25, 0.3) is 5.91 Å². The van der Waals surface area contributed by atoms with Gasteiger partial charge in [0.05, 0.1) is 12.0 Å². The summed E-state index contributed by atoms with van der Waals surface area (Å²) in [6.07, 6.45) is 2.46. The molecule has 0 aromatic heterocycles. The van der Waals surface area contributed by atoms with Crippen molar-refractivity contribution in [3.8, 4) is 0 Å². The quantitative estimate of drug-likeness (QED) is 0.479. The number of hydrogen-bond donors (Lipinski definition) is 0. The summed E-state index contributed by atoms with van der Waals surface area (Å²) in [6, 6.07) is 16.2. The van der Waals surface area contributed by atoms with Crippen molar-refractivity contribution in [3.63, 3.8) is 0 Å². The largest absolute Gasteiger partial charge is 0.464 e. The van der Waals surface area contributed by atoms with Crippen molar-refractivity contribution in [1.29, 1.82) is 0 Å². The van der Waals surface area contributed by atoms with Crippen LogP contribution in [0.4, 0.5) is 0 Å². The van der Waals surface area contributed by atoms with Gasteiger partial charge < -0.3 is 9.64 Å². The van der Waals surface area contributed by atoms with Gasteiger partial charge >= 0.3 is 5.97 Å². The van der Waals surface area contributed by atoms with Crippen LogP contribution in [-0.4, -0.2) is 40.6 Å². The first-order valence-corrected chi connectivity index (χ1v) is 10.9. The molecule has 0 N–H and O–H groups in total. The zero-order valence-corrected chi connectivity index (χ0v) is 17.4. The highest BCUT2D eigenvalue weighted by atomic mass is 35.5. The minimum Gasteiger partial charge on any atom is -0.464 e. The summed E-state index contributed by atoms with van der Waals surface area (Å²) in [4.78, 5) is 27.6. The highest BCUT2D eigenvalue weighted by Gasteiger charge is 2.42. The van der Waals surface area contributed by atoms with Crippen LogP contribution >= 0.6 is 23.4 Å². The van der Waals surface area contributed by atoms with Crippen molar-refractivity contribution >= 4 is 35.2 Å². The van der Waals surface area contributed by atoms with E-state index in [-0.39, 0.29) is 17.3 Å². The van der Waals surface area contributed by atoms with Crippen LogP contribution in [0.3, 0.4) is 0 Å². The average molecular weight is 418 g/mol. The fourth-order valence-corrected chi connectivity index (χ4v) is 4.69. The van der Waals surface area contributed by atoms with Gasteiger partial charge in [-0.05, 0) is 36.2 Å². The number of benzene rings is 2. The van der Waals surface area contributed by atoms with E-state index in [4.69, 9.17) is 16.3 Å². The monoisotopic (exact) mass is 417 g/mol. The number of nitrogens with zero attached hydrogens (tertiary/aromatic N) is 1. The lowest BCUT2D eigenvalue weighted by atomic mass is 10.1. The van der Waals surface area contributed by atoms with Gasteiger partial charge in [-0.15, -0.1) is 11.8 Å². The lowest BCUT2D eigenvalue weighted by molar-refractivity contribution is -0.148. The van der Waals surface area contributed by atoms with E-state index in [0.29, 0.717) is 29.4 Å². The number of carbonyl (C=O) groups is 2. The summed E-state index contributed by atoms with van der Waals surface area (Å²) in [5.74, 6) is 0.0563. The van der Waals surface area contributed by atoms with E-state index in [9.17, 15) is 9.59 Å². The van der Waals surface area contributed by atoms with E-state index in [1.807, 2.05) is 37.3 Å². The van der Waals surface area contributed by atoms with E-state index < -0.39 is 6.04 Å². The Morgan fingerprint density at radius 3 is 2.54 bits per heavy atom. The van der Waals surface area contributed by atoms with Crippen LogP contribution in [-0.2, 0) is 16.0 Å². The zero-order valence-electron chi connectivity index (χ0n) is 15.8. The van der Waals surface area contributed by atoms with Crippen LogP contribution in [0.15, 0.2) is 54.6 Å². The second kappa shape index (κ2) is 9.99. The topological polar surface area (TPSA) is 46.6 Å².